The predicted octanol–water partition coefficient (Wildman–Crippen LogP) is 1.98. The number of amides is 1. The molecule has 1 aromatic carbocycles. The fourth-order valence-electron chi connectivity index (χ4n) is 2.69. The highest BCUT2D eigenvalue weighted by atomic mass is 16.5. The van der Waals surface area contributed by atoms with Gasteiger partial charge in [0.05, 0.1) is 13.2 Å². The van der Waals surface area contributed by atoms with E-state index in [2.05, 4.69) is 12.1 Å². The Kier molecular flexibility index (Phi) is 7.36. The normalized spacial score (nSPS) is 15.7. The highest BCUT2D eigenvalue weighted by Gasteiger charge is 2.19. The second-order valence-corrected chi connectivity index (χ2v) is 6.06. The van der Waals surface area contributed by atoms with Crippen LogP contribution < -0.4 is 10.5 Å². The van der Waals surface area contributed by atoms with Crippen molar-refractivity contribution in [3.05, 3.63) is 29.8 Å². The van der Waals surface area contributed by atoms with Crippen LogP contribution in [0.1, 0.15) is 31.2 Å². The third-order valence-electron chi connectivity index (χ3n) is 4.21. The number of piperidine rings is 1. The molecule has 1 aliphatic heterocycles. The van der Waals surface area contributed by atoms with Gasteiger partial charge in [0, 0.05) is 32.7 Å². The molecule has 1 heterocycles. The summed E-state index contributed by atoms with van der Waals surface area (Å²) in [6.45, 7) is 2.88. The maximum absolute atomic E-state index is 12.1. The minimum atomic E-state index is 0.218. The Morgan fingerprint density at radius 1 is 1.22 bits per heavy atom. The van der Waals surface area contributed by atoms with Crippen LogP contribution >= 0.6 is 0 Å². The van der Waals surface area contributed by atoms with E-state index in [-0.39, 0.29) is 11.9 Å². The topological polar surface area (TPSA) is 64.8 Å². The number of rotatable bonds is 8. The quantitative estimate of drug-likeness (QED) is 0.744. The highest BCUT2D eigenvalue weighted by molar-refractivity contribution is 5.76. The van der Waals surface area contributed by atoms with Gasteiger partial charge in [-0.05, 0) is 43.4 Å². The minimum Gasteiger partial charge on any atom is -0.494 e. The number of hydrogen-bond donors (Lipinski definition) is 1. The van der Waals surface area contributed by atoms with E-state index in [0.717, 1.165) is 51.1 Å². The van der Waals surface area contributed by atoms with E-state index >= 15 is 0 Å². The molecule has 0 spiro atoms. The Bertz CT molecular complexity index is 468. The van der Waals surface area contributed by atoms with Crippen LogP contribution in [0.25, 0.3) is 0 Å². The first-order valence-electron chi connectivity index (χ1n) is 8.43. The van der Waals surface area contributed by atoms with Crippen LogP contribution in [0.5, 0.6) is 5.75 Å². The molecule has 2 rings (SSSR count). The Morgan fingerprint density at radius 3 is 2.57 bits per heavy atom. The SMILES string of the molecule is COCCc1ccc(OCCCC(=O)N2CCC(N)CC2)cc1. The third-order valence-corrected chi connectivity index (χ3v) is 4.21. The van der Waals surface area contributed by atoms with Crippen LogP contribution in [0.4, 0.5) is 0 Å². The van der Waals surface area contributed by atoms with Crippen molar-refractivity contribution in [2.75, 3.05) is 33.4 Å². The maximum Gasteiger partial charge on any atom is 0.222 e. The molecule has 0 unspecified atom stereocenters. The molecule has 0 aliphatic carbocycles. The standard InChI is InChI=1S/C18H28N2O3/c1-22-14-10-15-4-6-17(7-5-15)23-13-2-3-18(21)20-11-8-16(19)9-12-20/h4-7,16H,2-3,8-14,19H2,1H3. The van der Waals surface area contributed by atoms with E-state index in [1.54, 1.807) is 7.11 Å². The molecular weight excluding hydrogens is 292 g/mol. The van der Waals surface area contributed by atoms with Crippen LogP contribution in [0.3, 0.4) is 0 Å². The summed E-state index contributed by atoms with van der Waals surface area (Å²) in [6.07, 6.45) is 4.02. The monoisotopic (exact) mass is 320 g/mol. The zero-order chi connectivity index (χ0) is 16.5. The zero-order valence-electron chi connectivity index (χ0n) is 14.0. The lowest BCUT2D eigenvalue weighted by molar-refractivity contribution is -0.132. The lowest BCUT2D eigenvalue weighted by atomic mass is 10.1. The second kappa shape index (κ2) is 9.53. The summed E-state index contributed by atoms with van der Waals surface area (Å²) in [6, 6.07) is 8.30. The minimum absolute atomic E-state index is 0.218. The first-order valence-corrected chi connectivity index (χ1v) is 8.43. The van der Waals surface area contributed by atoms with Gasteiger partial charge in [0.2, 0.25) is 5.91 Å². The molecule has 0 saturated carbocycles. The van der Waals surface area contributed by atoms with Gasteiger partial charge in [-0.25, -0.2) is 0 Å². The first kappa shape index (κ1) is 17.8. The fraction of sp³-hybridized carbons (Fsp3) is 0.611. The summed E-state index contributed by atoms with van der Waals surface area (Å²) < 4.78 is 10.8. The van der Waals surface area contributed by atoms with E-state index in [9.17, 15) is 4.79 Å². The molecule has 2 N–H and O–H groups in total. The number of benzene rings is 1. The number of methoxy groups -OCH3 is 1. The molecule has 5 nitrogen and oxygen atoms in total. The summed E-state index contributed by atoms with van der Waals surface area (Å²) in [4.78, 5) is 14.0. The van der Waals surface area contributed by atoms with Crippen molar-refractivity contribution in [1.82, 2.24) is 4.90 Å². The van der Waals surface area contributed by atoms with Crippen molar-refractivity contribution in [2.24, 2.45) is 5.73 Å². The second-order valence-electron chi connectivity index (χ2n) is 6.06. The summed E-state index contributed by atoms with van der Waals surface area (Å²) in [7, 11) is 1.71. The predicted molar refractivity (Wildman–Crippen MR) is 90.5 cm³/mol. The number of nitrogens with zero attached hydrogens (tertiary/aromatic N) is 1. The van der Waals surface area contributed by atoms with Gasteiger partial charge in [0.25, 0.3) is 0 Å². The van der Waals surface area contributed by atoms with Gasteiger partial charge < -0.3 is 20.1 Å². The average molecular weight is 320 g/mol. The summed E-state index contributed by atoms with van der Waals surface area (Å²) in [5.41, 5.74) is 7.09. The van der Waals surface area contributed by atoms with Gasteiger partial charge in [-0.3, -0.25) is 4.79 Å². The zero-order valence-corrected chi connectivity index (χ0v) is 14.0. The molecule has 1 fully saturated rings. The Hall–Kier alpha value is -1.59. The van der Waals surface area contributed by atoms with Crippen molar-refractivity contribution in [2.45, 2.75) is 38.1 Å². The number of carbonyl (C=O) groups excluding carboxylic acids is 1. The van der Waals surface area contributed by atoms with Gasteiger partial charge in [-0.1, -0.05) is 12.1 Å². The lowest BCUT2D eigenvalue weighted by Crippen LogP contribution is -2.42. The molecule has 5 heteroatoms. The number of carbonyl (C=O) groups is 1. The molecule has 128 valence electrons. The molecule has 1 aromatic rings. The van der Waals surface area contributed by atoms with Crippen LogP contribution in [-0.4, -0.2) is 50.3 Å². The average Bonchev–Trinajstić information content (AvgIpc) is 2.58. The Balaban J connectivity index is 1.62. The van der Waals surface area contributed by atoms with E-state index in [1.807, 2.05) is 17.0 Å². The molecule has 0 bridgehead atoms. The van der Waals surface area contributed by atoms with E-state index in [0.29, 0.717) is 13.0 Å². The largest absolute Gasteiger partial charge is 0.494 e. The van der Waals surface area contributed by atoms with Gasteiger partial charge in [0.15, 0.2) is 0 Å². The lowest BCUT2D eigenvalue weighted by Gasteiger charge is -2.30. The molecule has 1 aliphatic rings. The van der Waals surface area contributed by atoms with Crippen molar-refractivity contribution < 1.29 is 14.3 Å². The molecule has 1 saturated heterocycles. The van der Waals surface area contributed by atoms with Crippen LogP contribution in [-0.2, 0) is 16.0 Å². The van der Waals surface area contributed by atoms with E-state index in [4.69, 9.17) is 15.2 Å². The molecule has 0 radical (unpaired) electrons. The van der Waals surface area contributed by atoms with E-state index in [1.165, 1.54) is 5.56 Å². The Morgan fingerprint density at radius 2 is 1.91 bits per heavy atom. The van der Waals surface area contributed by atoms with Gasteiger partial charge in [-0.15, -0.1) is 0 Å². The van der Waals surface area contributed by atoms with Crippen molar-refractivity contribution in [1.29, 1.82) is 0 Å². The third kappa shape index (κ3) is 6.20. The van der Waals surface area contributed by atoms with Crippen molar-refractivity contribution >= 4 is 5.91 Å². The van der Waals surface area contributed by atoms with Gasteiger partial charge >= 0.3 is 0 Å². The number of hydrogen-bond acceptors (Lipinski definition) is 4. The first-order chi connectivity index (χ1) is 11.2. The van der Waals surface area contributed by atoms with Gasteiger partial charge in [0.1, 0.15) is 5.75 Å². The summed E-state index contributed by atoms with van der Waals surface area (Å²) in [5.74, 6) is 1.07. The molecular formula is C18H28N2O3. The molecule has 1 amide bonds. The fourth-order valence-corrected chi connectivity index (χ4v) is 2.69. The van der Waals surface area contributed by atoms with Crippen molar-refractivity contribution in [3.63, 3.8) is 0 Å². The van der Waals surface area contributed by atoms with E-state index < -0.39 is 0 Å². The Labute approximate surface area is 138 Å². The van der Waals surface area contributed by atoms with Gasteiger partial charge in [-0.2, -0.15) is 0 Å². The van der Waals surface area contributed by atoms with Crippen molar-refractivity contribution in [3.8, 4) is 5.75 Å². The highest BCUT2D eigenvalue weighted by Crippen LogP contribution is 2.14. The molecule has 0 aromatic heterocycles. The number of nitrogens with two attached hydrogens (primary N) is 1. The molecule has 0 atom stereocenters. The number of ether oxygens (including phenoxy) is 2. The van der Waals surface area contributed by atoms with Crippen LogP contribution in [0.2, 0.25) is 0 Å². The summed E-state index contributed by atoms with van der Waals surface area (Å²) >= 11 is 0. The van der Waals surface area contributed by atoms with Crippen LogP contribution in [0.15, 0.2) is 24.3 Å². The smallest absolute Gasteiger partial charge is 0.222 e. The number of likely N-dealkylation sites (tertiary alicyclic amines) is 1. The molecule has 23 heavy (non-hydrogen) atoms. The maximum atomic E-state index is 12.1. The van der Waals surface area contributed by atoms with Crippen LogP contribution in [0, 0.1) is 0 Å². The summed E-state index contributed by atoms with van der Waals surface area (Å²) in [5, 5.41) is 0.